The van der Waals surface area contributed by atoms with Crippen LogP contribution in [0.4, 0.5) is 0 Å². The fourth-order valence-electron chi connectivity index (χ4n) is 0.849. The van der Waals surface area contributed by atoms with Crippen LogP contribution in [0.2, 0.25) is 5.02 Å². The van der Waals surface area contributed by atoms with Crippen molar-refractivity contribution in [2.24, 2.45) is 0 Å². The number of carbonyl (C=O) groups is 1. The van der Waals surface area contributed by atoms with Gasteiger partial charge in [-0.25, -0.2) is 13.1 Å². The van der Waals surface area contributed by atoms with E-state index < -0.39 is 21.8 Å². The van der Waals surface area contributed by atoms with E-state index in [-0.39, 0.29) is 4.90 Å². The van der Waals surface area contributed by atoms with Crippen LogP contribution < -0.4 is 4.72 Å². The third-order valence-corrected chi connectivity index (χ3v) is 3.33. The molecule has 4 nitrogen and oxygen atoms in total. The number of hydrogen-bond donors (Lipinski definition) is 1. The molecule has 0 saturated carbocycles. The highest BCUT2D eigenvalue weighted by molar-refractivity contribution is 7.89. The second-order valence-electron chi connectivity index (χ2n) is 2.63. The number of carbonyl (C=O) groups excluding carboxylic acids is 1. The van der Waals surface area contributed by atoms with Gasteiger partial charge in [0.2, 0.25) is 15.3 Å². The molecular weight excluding hydrogens is 261 g/mol. The van der Waals surface area contributed by atoms with Crippen molar-refractivity contribution in [3.05, 3.63) is 29.3 Å². The van der Waals surface area contributed by atoms with Gasteiger partial charge in [-0.15, -0.1) is 0 Å². The molecule has 7 heteroatoms. The van der Waals surface area contributed by atoms with Gasteiger partial charge in [0, 0.05) is 5.02 Å². The lowest BCUT2D eigenvalue weighted by Gasteiger charge is -2.03. The van der Waals surface area contributed by atoms with Crippen LogP contribution in [0.25, 0.3) is 0 Å². The summed E-state index contributed by atoms with van der Waals surface area (Å²) in [6.45, 7) is -0.438. The fourth-order valence-corrected chi connectivity index (χ4v) is 2.10. The Morgan fingerprint density at radius 1 is 1.27 bits per heavy atom. The third kappa shape index (κ3) is 3.79. The highest BCUT2D eigenvalue weighted by Crippen LogP contribution is 2.13. The summed E-state index contributed by atoms with van der Waals surface area (Å²) in [5.74, 6) is 0. The smallest absolute Gasteiger partial charge is 0.241 e. The van der Waals surface area contributed by atoms with Gasteiger partial charge in [0.05, 0.1) is 11.4 Å². The number of halogens is 2. The molecule has 0 amide bonds. The SMILES string of the molecule is O=C(Cl)CNS(=O)(=O)c1ccc(Cl)cc1. The molecule has 0 aromatic heterocycles. The summed E-state index contributed by atoms with van der Waals surface area (Å²) in [5, 5.41) is -0.338. The second-order valence-corrected chi connectivity index (χ2v) is 5.26. The Bertz CT molecular complexity index is 455. The predicted octanol–water partition coefficient (Wildman–Crippen LogP) is 1.38. The summed E-state index contributed by atoms with van der Waals surface area (Å²) in [6, 6.07) is 5.56. The van der Waals surface area contributed by atoms with Crippen molar-refractivity contribution in [3.8, 4) is 0 Å². The molecule has 0 fully saturated rings. The standard InChI is InChI=1S/C8H7Cl2NO3S/c9-6-1-3-7(4-2-6)15(13,14)11-5-8(10)12/h1-4,11H,5H2. The minimum Gasteiger partial charge on any atom is -0.280 e. The third-order valence-electron chi connectivity index (χ3n) is 1.53. The molecule has 0 saturated heterocycles. The summed E-state index contributed by atoms with van der Waals surface area (Å²) in [7, 11) is -3.69. The molecule has 0 heterocycles. The normalized spacial score (nSPS) is 11.3. The molecule has 0 unspecified atom stereocenters. The quantitative estimate of drug-likeness (QED) is 0.839. The maximum Gasteiger partial charge on any atom is 0.241 e. The molecule has 82 valence electrons. The van der Waals surface area contributed by atoms with Crippen LogP contribution in [0.1, 0.15) is 0 Å². The Kier molecular flexibility index (Phi) is 4.10. The van der Waals surface area contributed by atoms with E-state index in [0.717, 1.165) is 0 Å². The first-order valence-corrected chi connectivity index (χ1v) is 6.09. The van der Waals surface area contributed by atoms with Crippen molar-refractivity contribution in [3.63, 3.8) is 0 Å². The number of rotatable bonds is 4. The Morgan fingerprint density at radius 2 is 1.80 bits per heavy atom. The van der Waals surface area contributed by atoms with E-state index >= 15 is 0 Å². The minimum absolute atomic E-state index is 0.0322. The lowest BCUT2D eigenvalue weighted by Crippen LogP contribution is -2.27. The van der Waals surface area contributed by atoms with Crippen LogP contribution in [0, 0.1) is 0 Å². The molecule has 1 N–H and O–H groups in total. The van der Waals surface area contributed by atoms with Gasteiger partial charge in [0.25, 0.3) is 0 Å². The van der Waals surface area contributed by atoms with Crippen LogP contribution in [-0.2, 0) is 14.8 Å². The maximum atomic E-state index is 11.5. The molecule has 0 aliphatic rings. The van der Waals surface area contributed by atoms with Gasteiger partial charge in [-0.3, -0.25) is 4.79 Å². The van der Waals surface area contributed by atoms with Crippen molar-refractivity contribution in [1.29, 1.82) is 0 Å². The fraction of sp³-hybridized carbons (Fsp3) is 0.125. The second kappa shape index (κ2) is 4.94. The van der Waals surface area contributed by atoms with E-state index in [2.05, 4.69) is 0 Å². The lowest BCUT2D eigenvalue weighted by atomic mass is 10.4. The molecule has 15 heavy (non-hydrogen) atoms. The van der Waals surface area contributed by atoms with Crippen LogP contribution in [0.5, 0.6) is 0 Å². The molecule has 0 radical (unpaired) electrons. The Hall–Kier alpha value is -0.620. The zero-order valence-electron chi connectivity index (χ0n) is 7.41. The predicted molar refractivity (Wildman–Crippen MR) is 57.5 cm³/mol. The molecule has 0 atom stereocenters. The molecule has 0 aliphatic heterocycles. The van der Waals surface area contributed by atoms with E-state index in [9.17, 15) is 13.2 Å². The van der Waals surface area contributed by atoms with E-state index in [0.29, 0.717) is 5.02 Å². The topological polar surface area (TPSA) is 63.2 Å². The molecule has 1 aromatic rings. The summed E-state index contributed by atoms with van der Waals surface area (Å²) in [5.41, 5.74) is 0. The van der Waals surface area contributed by atoms with Crippen LogP contribution in [0.15, 0.2) is 29.2 Å². The Balaban J connectivity index is 2.87. The highest BCUT2D eigenvalue weighted by atomic mass is 35.5. The first-order chi connectivity index (χ1) is 6.92. The summed E-state index contributed by atoms with van der Waals surface area (Å²) < 4.78 is 25.0. The van der Waals surface area contributed by atoms with Gasteiger partial charge >= 0.3 is 0 Å². The first-order valence-electron chi connectivity index (χ1n) is 3.85. The molecule has 0 bridgehead atoms. The Morgan fingerprint density at radius 3 is 2.27 bits per heavy atom. The molecule has 1 aromatic carbocycles. The zero-order valence-corrected chi connectivity index (χ0v) is 9.73. The van der Waals surface area contributed by atoms with Gasteiger partial charge in [-0.05, 0) is 35.9 Å². The van der Waals surface area contributed by atoms with E-state index in [1.807, 2.05) is 4.72 Å². The minimum atomic E-state index is -3.69. The molecule has 0 aliphatic carbocycles. The van der Waals surface area contributed by atoms with Crippen LogP contribution >= 0.6 is 23.2 Å². The van der Waals surface area contributed by atoms with Crippen molar-refractivity contribution < 1.29 is 13.2 Å². The van der Waals surface area contributed by atoms with Crippen molar-refractivity contribution >= 4 is 38.5 Å². The van der Waals surface area contributed by atoms with Crippen LogP contribution in [0.3, 0.4) is 0 Å². The number of benzene rings is 1. The van der Waals surface area contributed by atoms with Gasteiger partial charge < -0.3 is 0 Å². The van der Waals surface area contributed by atoms with Gasteiger partial charge in [0.15, 0.2) is 0 Å². The number of sulfonamides is 1. The van der Waals surface area contributed by atoms with Gasteiger partial charge in [-0.1, -0.05) is 11.6 Å². The van der Waals surface area contributed by atoms with Crippen molar-refractivity contribution in [2.45, 2.75) is 4.90 Å². The van der Waals surface area contributed by atoms with E-state index in [1.165, 1.54) is 24.3 Å². The summed E-state index contributed by atoms with van der Waals surface area (Å²) in [6.07, 6.45) is 0. The van der Waals surface area contributed by atoms with Crippen LogP contribution in [-0.4, -0.2) is 20.2 Å². The Labute approximate surface area is 97.2 Å². The molecular formula is C8H7Cl2NO3S. The lowest BCUT2D eigenvalue weighted by molar-refractivity contribution is -0.110. The van der Waals surface area contributed by atoms with E-state index in [1.54, 1.807) is 0 Å². The number of nitrogens with one attached hydrogen (secondary N) is 1. The number of hydrogen-bond acceptors (Lipinski definition) is 3. The average Bonchev–Trinajstić information content (AvgIpc) is 2.16. The zero-order chi connectivity index (χ0) is 11.5. The van der Waals surface area contributed by atoms with Gasteiger partial charge in [0.1, 0.15) is 0 Å². The first kappa shape index (κ1) is 12.4. The average molecular weight is 268 g/mol. The van der Waals surface area contributed by atoms with E-state index in [4.69, 9.17) is 23.2 Å². The van der Waals surface area contributed by atoms with Crippen molar-refractivity contribution in [2.75, 3.05) is 6.54 Å². The maximum absolute atomic E-state index is 11.5. The molecule has 1 rings (SSSR count). The van der Waals surface area contributed by atoms with Gasteiger partial charge in [-0.2, -0.15) is 0 Å². The molecule has 0 spiro atoms. The summed E-state index contributed by atoms with van der Waals surface area (Å²) >= 11 is 10.6. The van der Waals surface area contributed by atoms with Crippen molar-refractivity contribution in [1.82, 2.24) is 4.72 Å². The summed E-state index contributed by atoms with van der Waals surface area (Å²) in [4.78, 5) is 10.4. The largest absolute Gasteiger partial charge is 0.280 e. The highest BCUT2D eigenvalue weighted by Gasteiger charge is 2.14. The monoisotopic (exact) mass is 267 g/mol.